The maximum absolute atomic E-state index is 4.83. The lowest BCUT2D eigenvalue weighted by molar-refractivity contribution is 0.490. The molecule has 1 fully saturated rings. The summed E-state index contributed by atoms with van der Waals surface area (Å²) >= 11 is 0. The van der Waals surface area contributed by atoms with Gasteiger partial charge in [-0.1, -0.05) is 0 Å². The first kappa shape index (κ1) is 14.1. The van der Waals surface area contributed by atoms with Gasteiger partial charge in [-0.3, -0.25) is 0 Å². The van der Waals surface area contributed by atoms with Gasteiger partial charge in [0.1, 0.15) is 0 Å². The van der Waals surface area contributed by atoms with Gasteiger partial charge >= 0.3 is 0 Å². The number of aryl methyl sites for hydroxylation is 2. The highest BCUT2D eigenvalue weighted by Crippen LogP contribution is 2.29. The molecule has 0 amide bonds. The van der Waals surface area contributed by atoms with Crippen LogP contribution in [0.4, 0.5) is 5.95 Å². The highest BCUT2D eigenvalue weighted by Gasteiger charge is 2.23. The zero-order chi connectivity index (χ0) is 15.8. The first-order chi connectivity index (χ1) is 11.2. The Kier molecular flexibility index (Phi) is 3.44. The van der Waals surface area contributed by atoms with Crippen LogP contribution in [0.15, 0.2) is 30.6 Å². The Morgan fingerprint density at radius 1 is 1.04 bits per heavy atom. The van der Waals surface area contributed by atoms with Crippen LogP contribution < -0.4 is 4.90 Å². The van der Waals surface area contributed by atoms with Gasteiger partial charge in [0.2, 0.25) is 5.95 Å². The monoisotopic (exact) mass is 308 g/mol. The minimum atomic E-state index is 0.494. The molecule has 1 aliphatic rings. The van der Waals surface area contributed by atoms with Crippen LogP contribution in [0.2, 0.25) is 0 Å². The summed E-state index contributed by atoms with van der Waals surface area (Å²) in [6.07, 6.45) is 5.76. The molecule has 0 radical (unpaired) electrons. The lowest BCUT2D eigenvalue weighted by atomic mass is 9.93. The summed E-state index contributed by atoms with van der Waals surface area (Å²) in [6, 6.07) is 6.08. The fourth-order valence-electron chi connectivity index (χ4n) is 3.30. The lowest BCUT2D eigenvalue weighted by Crippen LogP contribution is -2.34. The van der Waals surface area contributed by atoms with Gasteiger partial charge in [0, 0.05) is 48.9 Å². The van der Waals surface area contributed by atoms with Gasteiger partial charge in [0.05, 0.1) is 5.69 Å². The van der Waals surface area contributed by atoms with Crippen molar-refractivity contribution in [1.29, 1.82) is 0 Å². The minimum absolute atomic E-state index is 0.494. The molecular weight excluding hydrogens is 288 g/mol. The Bertz CT molecular complexity index is 818. The highest BCUT2D eigenvalue weighted by molar-refractivity contribution is 5.42. The van der Waals surface area contributed by atoms with Crippen LogP contribution in [0.3, 0.4) is 0 Å². The molecule has 0 unspecified atom stereocenters. The van der Waals surface area contributed by atoms with Crippen LogP contribution in [0, 0.1) is 13.8 Å². The van der Waals surface area contributed by atoms with Crippen molar-refractivity contribution in [3.8, 4) is 0 Å². The third-order valence-corrected chi connectivity index (χ3v) is 4.50. The van der Waals surface area contributed by atoms with Crippen LogP contribution in [0.25, 0.3) is 5.65 Å². The second kappa shape index (κ2) is 5.61. The second-order valence-corrected chi connectivity index (χ2v) is 6.19. The number of hydrogen-bond donors (Lipinski definition) is 0. The number of hydrogen-bond acceptors (Lipinski definition) is 5. The number of anilines is 1. The quantitative estimate of drug-likeness (QED) is 0.728. The number of nitrogens with zero attached hydrogens (tertiary/aromatic N) is 6. The first-order valence-corrected chi connectivity index (χ1v) is 8.06. The maximum atomic E-state index is 4.83. The number of aromatic nitrogens is 5. The summed E-state index contributed by atoms with van der Waals surface area (Å²) in [4.78, 5) is 15.8. The average Bonchev–Trinajstić information content (AvgIpc) is 2.97. The Morgan fingerprint density at radius 2 is 1.78 bits per heavy atom. The molecule has 0 spiro atoms. The van der Waals surface area contributed by atoms with Gasteiger partial charge in [0.25, 0.3) is 0 Å². The maximum Gasteiger partial charge on any atom is 0.225 e. The van der Waals surface area contributed by atoms with E-state index in [0.717, 1.165) is 48.9 Å². The van der Waals surface area contributed by atoms with E-state index in [4.69, 9.17) is 4.98 Å². The lowest BCUT2D eigenvalue weighted by Gasteiger charge is -2.31. The van der Waals surface area contributed by atoms with E-state index in [1.807, 2.05) is 23.6 Å². The molecule has 0 aromatic carbocycles. The fraction of sp³-hybridized carbons (Fsp3) is 0.412. The normalized spacial score (nSPS) is 16.2. The molecule has 0 saturated carbocycles. The van der Waals surface area contributed by atoms with Crippen molar-refractivity contribution in [2.75, 3.05) is 18.0 Å². The van der Waals surface area contributed by atoms with Gasteiger partial charge < -0.3 is 4.90 Å². The van der Waals surface area contributed by atoms with Crippen molar-refractivity contribution in [2.24, 2.45) is 0 Å². The minimum Gasteiger partial charge on any atom is -0.341 e. The second-order valence-electron chi connectivity index (χ2n) is 6.19. The molecule has 0 atom stereocenters. The molecule has 0 N–H and O–H groups in total. The van der Waals surface area contributed by atoms with E-state index in [9.17, 15) is 0 Å². The molecule has 6 heteroatoms. The van der Waals surface area contributed by atoms with Gasteiger partial charge in [-0.15, -0.1) is 0 Å². The average molecular weight is 308 g/mol. The van der Waals surface area contributed by atoms with E-state index >= 15 is 0 Å². The van der Waals surface area contributed by atoms with Crippen LogP contribution in [0.1, 0.15) is 35.8 Å². The van der Waals surface area contributed by atoms with Crippen LogP contribution >= 0.6 is 0 Å². The molecule has 118 valence electrons. The molecule has 0 bridgehead atoms. The number of piperidine rings is 1. The molecule has 23 heavy (non-hydrogen) atoms. The van der Waals surface area contributed by atoms with Crippen LogP contribution in [-0.4, -0.2) is 37.7 Å². The number of fused-ring (bicyclic) bond motifs is 1. The standard InChI is InChI=1S/C17H20N6/c1-12-10-16-20-15(11-13(2)23(16)21-12)14-4-8-22(9-5-14)17-18-6-3-7-19-17/h3,6-7,10-11,14H,4-5,8-9H2,1-2H3. The van der Waals surface area contributed by atoms with Crippen molar-refractivity contribution >= 4 is 11.6 Å². The van der Waals surface area contributed by atoms with Crippen LogP contribution in [0.5, 0.6) is 0 Å². The third kappa shape index (κ3) is 2.65. The Labute approximate surface area is 135 Å². The highest BCUT2D eigenvalue weighted by atomic mass is 15.3. The summed E-state index contributed by atoms with van der Waals surface area (Å²) in [6.45, 7) is 6.04. The molecule has 6 nitrogen and oxygen atoms in total. The van der Waals surface area contributed by atoms with Gasteiger partial charge in [-0.2, -0.15) is 5.10 Å². The Hall–Kier alpha value is -2.50. The smallest absolute Gasteiger partial charge is 0.225 e. The zero-order valence-corrected chi connectivity index (χ0v) is 13.5. The molecular formula is C17H20N6. The largest absolute Gasteiger partial charge is 0.341 e. The van der Waals surface area contributed by atoms with Crippen molar-refractivity contribution in [3.05, 3.63) is 47.7 Å². The SMILES string of the molecule is Cc1cc2nc(C3CCN(c4ncccn4)CC3)cc(C)n2n1. The van der Waals surface area contributed by atoms with Gasteiger partial charge in [-0.25, -0.2) is 19.5 Å². The van der Waals surface area contributed by atoms with Crippen LogP contribution in [-0.2, 0) is 0 Å². The Morgan fingerprint density at radius 3 is 2.52 bits per heavy atom. The zero-order valence-electron chi connectivity index (χ0n) is 13.5. The molecule has 3 aromatic heterocycles. The molecule has 4 rings (SSSR count). The summed E-state index contributed by atoms with van der Waals surface area (Å²) in [5.74, 6) is 1.32. The fourth-order valence-corrected chi connectivity index (χ4v) is 3.30. The van der Waals surface area contributed by atoms with E-state index in [-0.39, 0.29) is 0 Å². The van der Waals surface area contributed by atoms with E-state index in [1.165, 1.54) is 5.69 Å². The molecule has 1 saturated heterocycles. The molecule has 1 aliphatic heterocycles. The predicted molar refractivity (Wildman–Crippen MR) is 88.7 cm³/mol. The van der Waals surface area contributed by atoms with Crippen molar-refractivity contribution in [3.63, 3.8) is 0 Å². The summed E-state index contributed by atoms with van der Waals surface area (Å²) in [7, 11) is 0. The third-order valence-electron chi connectivity index (χ3n) is 4.50. The first-order valence-electron chi connectivity index (χ1n) is 8.06. The topological polar surface area (TPSA) is 59.2 Å². The summed E-state index contributed by atoms with van der Waals surface area (Å²) < 4.78 is 1.92. The number of rotatable bonds is 2. The van der Waals surface area contributed by atoms with E-state index < -0.39 is 0 Å². The van der Waals surface area contributed by atoms with E-state index in [1.54, 1.807) is 12.4 Å². The van der Waals surface area contributed by atoms with E-state index in [2.05, 4.69) is 33.0 Å². The summed E-state index contributed by atoms with van der Waals surface area (Å²) in [5.41, 5.74) is 4.29. The molecule has 0 aliphatic carbocycles. The van der Waals surface area contributed by atoms with Crippen molar-refractivity contribution < 1.29 is 0 Å². The Balaban J connectivity index is 1.54. The molecule has 4 heterocycles. The van der Waals surface area contributed by atoms with Crippen molar-refractivity contribution in [1.82, 2.24) is 24.6 Å². The van der Waals surface area contributed by atoms with E-state index in [0.29, 0.717) is 5.92 Å². The van der Waals surface area contributed by atoms with Crippen molar-refractivity contribution in [2.45, 2.75) is 32.6 Å². The molecule has 3 aromatic rings. The van der Waals surface area contributed by atoms with Gasteiger partial charge in [0.15, 0.2) is 5.65 Å². The summed E-state index contributed by atoms with van der Waals surface area (Å²) in [5, 5.41) is 4.48. The predicted octanol–water partition coefficient (Wildman–Crippen LogP) is 2.52. The van der Waals surface area contributed by atoms with Gasteiger partial charge in [-0.05, 0) is 38.8 Å².